The Morgan fingerprint density at radius 3 is 1.15 bits per heavy atom. The molecule has 0 aromatic rings. The Kier molecular flexibility index (Phi) is 54.0. The van der Waals surface area contributed by atoms with Gasteiger partial charge in [-0.2, -0.15) is 0 Å². The Labute approximate surface area is 419 Å². The van der Waals surface area contributed by atoms with E-state index in [9.17, 15) is 9.59 Å². The first kappa shape index (κ1) is 64.0. The molecule has 0 radical (unpaired) electrons. The molecule has 0 aliphatic heterocycles. The topological polar surface area (TPSA) is 61.8 Å². The summed E-state index contributed by atoms with van der Waals surface area (Å²) in [5, 5.41) is 0. The summed E-state index contributed by atoms with van der Waals surface area (Å²) in [5.74, 6) is -0.570. The first-order valence-electron chi connectivity index (χ1n) is 27.7. The summed E-state index contributed by atoms with van der Waals surface area (Å²) in [6.07, 6.45) is 82.1. The van der Waals surface area contributed by atoms with Gasteiger partial charge in [0.05, 0.1) is 13.0 Å². The molecule has 5 nitrogen and oxygen atoms in total. The lowest BCUT2D eigenvalue weighted by atomic mass is 10.1. The lowest BCUT2D eigenvalue weighted by Gasteiger charge is -2.18. The van der Waals surface area contributed by atoms with Gasteiger partial charge in [0.25, 0.3) is 0 Å². The van der Waals surface area contributed by atoms with Gasteiger partial charge in [-0.3, -0.25) is 9.59 Å². The quantitative estimate of drug-likeness (QED) is 0.0345. The fourth-order valence-corrected chi connectivity index (χ4v) is 7.14. The molecule has 0 rings (SSSR count). The van der Waals surface area contributed by atoms with E-state index in [2.05, 4.69) is 142 Å². The highest BCUT2D eigenvalue weighted by Crippen LogP contribution is 2.13. The van der Waals surface area contributed by atoms with Crippen molar-refractivity contribution in [2.24, 2.45) is 0 Å². The molecule has 0 saturated heterocycles. The molecule has 1 atom stereocenters. The number of hydrogen-bond donors (Lipinski definition) is 0. The van der Waals surface area contributed by atoms with E-state index in [0.29, 0.717) is 13.0 Å². The van der Waals surface area contributed by atoms with E-state index in [1.165, 1.54) is 77.0 Å². The van der Waals surface area contributed by atoms with Crippen LogP contribution in [0.25, 0.3) is 0 Å². The number of carbonyl (C=O) groups is 2. The third-order valence-corrected chi connectivity index (χ3v) is 11.2. The van der Waals surface area contributed by atoms with E-state index < -0.39 is 6.10 Å². The van der Waals surface area contributed by atoms with Crippen LogP contribution in [0, 0.1) is 0 Å². The third-order valence-electron chi connectivity index (χ3n) is 11.2. The number of hydrogen-bond acceptors (Lipinski definition) is 5. The molecule has 0 aromatic heterocycles. The Hall–Kier alpha value is -3.96. The van der Waals surface area contributed by atoms with Crippen LogP contribution in [0.1, 0.15) is 226 Å². The first-order chi connectivity index (χ1) is 33.6. The fraction of sp³-hybridized carbons (Fsp3) is 0.619. The standard InChI is InChI=1S/C63H102O5/c1-4-7-10-13-16-19-22-25-28-30-31-32-34-37-40-43-46-49-52-55-58-66-59-61(68-63(65)57-54-51-48-45-42-39-35-27-24-21-18-15-12-9-6-3)60-67-62(64)56-53-50-47-44-41-38-36-33-29-26-23-20-17-14-11-8-5-2/h7,9-10,12,16,18-19,21,25-29,31-32,35,37,40,42,45,51,54,61H,4-6,8,11,13-15,17,20,22-24,30,33-34,36,38-39,41,43-44,46-50,52-53,55-60H2,1-3H3/b10-7-,12-9-,19-16-,21-18-,28-25-,29-26-,32-31-,35-27-,40-37-,45-42-,54-51-. The second-order valence-corrected chi connectivity index (χ2v) is 17.7. The van der Waals surface area contributed by atoms with E-state index in [4.69, 9.17) is 14.2 Å². The van der Waals surface area contributed by atoms with E-state index in [0.717, 1.165) is 116 Å². The number of esters is 2. The predicted molar refractivity (Wildman–Crippen MR) is 297 cm³/mol. The Balaban J connectivity index is 4.46. The van der Waals surface area contributed by atoms with E-state index in [-0.39, 0.29) is 31.6 Å². The smallest absolute Gasteiger partial charge is 0.310 e. The summed E-state index contributed by atoms with van der Waals surface area (Å²) >= 11 is 0. The molecule has 0 spiro atoms. The largest absolute Gasteiger partial charge is 0.462 e. The van der Waals surface area contributed by atoms with Crippen molar-refractivity contribution in [1.82, 2.24) is 0 Å². The van der Waals surface area contributed by atoms with Gasteiger partial charge in [0.2, 0.25) is 0 Å². The van der Waals surface area contributed by atoms with Crippen LogP contribution in [-0.2, 0) is 23.8 Å². The molecule has 0 amide bonds. The average Bonchev–Trinajstić information content (AvgIpc) is 3.34. The Morgan fingerprint density at radius 2 is 0.706 bits per heavy atom. The number of ether oxygens (including phenoxy) is 3. The van der Waals surface area contributed by atoms with E-state index in [1.54, 1.807) is 0 Å². The van der Waals surface area contributed by atoms with Gasteiger partial charge in [-0.15, -0.1) is 0 Å². The van der Waals surface area contributed by atoms with Crippen molar-refractivity contribution in [3.05, 3.63) is 134 Å². The molecule has 5 heteroatoms. The average molecular weight is 940 g/mol. The first-order valence-corrected chi connectivity index (χ1v) is 27.7. The number of rotatable bonds is 49. The molecule has 0 aliphatic rings. The highest BCUT2D eigenvalue weighted by Gasteiger charge is 2.17. The minimum atomic E-state index is -0.616. The van der Waals surface area contributed by atoms with Crippen molar-refractivity contribution in [1.29, 1.82) is 0 Å². The minimum Gasteiger partial charge on any atom is -0.462 e. The fourth-order valence-electron chi connectivity index (χ4n) is 7.14. The molecule has 0 N–H and O–H groups in total. The number of allylic oxidation sites excluding steroid dienone is 21. The van der Waals surface area contributed by atoms with Crippen molar-refractivity contribution in [3.63, 3.8) is 0 Å². The van der Waals surface area contributed by atoms with Gasteiger partial charge in [-0.05, 0) is 116 Å². The van der Waals surface area contributed by atoms with Gasteiger partial charge >= 0.3 is 11.9 Å². The molecule has 0 aliphatic carbocycles. The maximum atomic E-state index is 12.8. The van der Waals surface area contributed by atoms with Gasteiger partial charge < -0.3 is 14.2 Å². The maximum Gasteiger partial charge on any atom is 0.310 e. The zero-order valence-corrected chi connectivity index (χ0v) is 44.1. The Bertz CT molecular complexity index is 1430. The third kappa shape index (κ3) is 54.6. The Morgan fingerprint density at radius 1 is 0.353 bits per heavy atom. The SMILES string of the molecule is CC/C=C\C/C=C\C/C=C\C/C=C\C/C=C\CCCCCCOCC(COC(=O)CCCCCCCCC/C=C\CCCCCCCC)OC(=O)C/C=C\C/C=C\C/C=C\C/C=C\C/C=C\CC. The molecule has 68 heavy (non-hydrogen) atoms. The highest BCUT2D eigenvalue weighted by molar-refractivity contribution is 5.71. The van der Waals surface area contributed by atoms with Crippen molar-refractivity contribution >= 4 is 11.9 Å². The minimum absolute atomic E-state index is 0.0247. The molecule has 0 heterocycles. The summed E-state index contributed by atoms with van der Waals surface area (Å²) in [7, 11) is 0. The van der Waals surface area contributed by atoms with Crippen LogP contribution in [0.4, 0.5) is 0 Å². The number of unbranched alkanes of at least 4 members (excludes halogenated alkanes) is 17. The van der Waals surface area contributed by atoms with Crippen LogP contribution < -0.4 is 0 Å². The second-order valence-electron chi connectivity index (χ2n) is 17.7. The highest BCUT2D eigenvalue weighted by atomic mass is 16.6. The van der Waals surface area contributed by atoms with Gasteiger partial charge in [-0.25, -0.2) is 0 Å². The van der Waals surface area contributed by atoms with E-state index >= 15 is 0 Å². The van der Waals surface area contributed by atoms with Crippen LogP contribution in [-0.4, -0.2) is 37.9 Å². The summed E-state index contributed by atoms with van der Waals surface area (Å²) < 4.78 is 17.3. The predicted octanol–water partition coefficient (Wildman–Crippen LogP) is 19.1. The monoisotopic (exact) mass is 939 g/mol. The van der Waals surface area contributed by atoms with Crippen LogP contribution in [0.5, 0.6) is 0 Å². The van der Waals surface area contributed by atoms with Gasteiger partial charge in [0.15, 0.2) is 6.10 Å². The van der Waals surface area contributed by atoms with Crippen molar-refractivity contribution in [2.75, 3.05) is 19.8 Å². The van der Waals surface area contributed by atoms with Crippen LogP contribution in [0.15, 0.2) is 134 Å². The molecular weight excluding hydrogens is 837 g/mol. The van der Waals surface area contributed by atoms with Crippen molar-refractivity contribution in [3.8, 4) is 0 Å². The molecule has 1 unspecified atom stereocenters. The zero-order valence-electron chi connectivity index (χ0n) is 44.1. The summed E-state index contributed by atoms with van der Waals surface area (Å²) in [4.78, 5) is 25.4. The van der Waals surface area contributed by atoms with E-state index in [1.807, 2.05) is 12.2 Å². The molecular formula is C63H102O5. The molecule has 0 saturated carbocycles. The van der Waals surface area contributed by atoms with Gasteiger partial charge in [0.1, 0.15) is 6.61 Å². The summed E-state index contributed by atoms with van der Waals surface area (Å²) in [6.45, 7) is 7.42. The van der Waals surface area contributed by atoms with Crippen LogP contribution in [0.2, 0.25) is 0 Å². The normalized spacial score (nSPS) is 13.3. The van der Waals surface area contributed by atoms with Gasteiger partial charge in [0, 0.05) is 13.0 Å². The molecule has 384 valence electrons. The molecule has 0 fully saturated rings. The summed E-state index contributed by atoms with van der Waals surface area (Å²) in [5.41, 5.74) is 0. The molecule has 0 bridgehead atoms. The zero-order chi connectivity index (χ0) is 49.2. The van der Waals surface area contributed by atoms with Gasteiger partial charge in [-0.1, -0.05) is 231 Å². The second kappa shape index (κ2) is 57.4. The maximum absolute atomic E-state index is 12.8. The molecule has 0 aromatic carbocycles. The van der Waals surface area contributed by atoms with Crippen molar-refractivity contribution < 1.29 is 23.8 Å². The lowest BCUT2D eigenvalue weighted by molar-refractivity contribution is -0.162. The van der Waals surface area contributed by atoms with Crippen LogP contribution >= 0.6 is 0 Å². The van der Waals surface area contributed by atoms with Crippen molar-refractivity contribution in [2.45, 2.75) is 232 Å². The lowest BCUT2D eigenvalue weighted by Crippen LogP contribution is -2.29. The summed E-state index contributed by atoms with van der Waals surface area (Å²) in [6, 6.07) is 0. The number of carbonyl (C=O) groups excluding carboxylic acids is 2. The van der Waals surface area contributed by atoms with Crippen LogP contribution in [0.3, 0.4) is 0 Å².